The van der Waals surface area contributed by atoms with Gasteiger partial charge in [-0.1, -0.05) is 13.8 Å². The number of carbonyl (C=O) groups is 1. The number of amides is 1. The lowest BCUT2D eigenvalue weighted by molar-refractivity contribution is -0.138. The molecule has 0 spiro atoms. The summed E-state index contributed by atoms with van der Waals surface area (Å²) in [5.74, 6) is -0.188. The molecule has 1 aromatic heterocycles. The second-order valence-electron chi connectivity index (χ2n) is 7.18. The van der Waals surface area contributed by atoms with Crippen LogP contribution in [0.1, 0.15) is 58.4 Å². The van der Waals surface area contributed by atoms with E-state index in [2.05, 4.69) is 10.2 Å². The van der Waals surface area contributed by atoms with Gasteiger partial charge in [-0.15, -0.1) is 10.2 Å². The van der Waals surface area contributed by atoms with E-state index in [-0.39, 0.29) is 18.4 Å². The Morgan fingerprint density at radius 3 is 2.54 bits per heavy atom. The summed E-state index contributed by atoms with van der Waals surface area (Å²) in [5.41, 5.74) is 0. The Kier molecular flexibility index (Phi) is 5.34. The minimum Gasteiger partial charge on any atom is -0.423 e. The van der Waals surface area contributed by atoms with E-state index >= 15 is 0 Å². The molecule has 9 heteroatoms. The maximum absolute atomic E-state index is 12.6. The lowest BCUT2D eigenvalue weighted by Crippen LogP contribution is -2.47. The number of morpholine rings is 1. The molecule has 1 saturated heterocycles. The fourth-order valence-electron chi connectivity index (χ4n) is 2.18. The van der Waals surface area contributed by atoms with Crippen LogP contribution < -0.4 is 0 Å². The third-order valence-corrected chi connectivity index (χ3v) is 6.42. The molecule has 1 atom stereocenters. The van der Waals surface area contributed by atoms with E-state index in [1.807, 2.05) is 13.8 Å². The smallest absolute Gasteiger partial charge is 0.241 e. The van der Waals surface area contributed by atoms with Crippen LogP contribution in [0.4, 0.5) is 0 Å². The predicted molar refractivity (Wildman–Crippen MR) is 87.2 cm³/mol. The third-order valence-electron chi connectivity index (χ3n) is 3.93. The summed E-state index contributed by atoms with van der Waals surface area (Å²) in [6.45, 7) is 9.45. The molecule has 2 rings (SSSR count). The van der Waals surface area contributed by atoms with Gasteiger partial charge in [-0.25, -0.2) is 8.42 Å². The first-order chi connectivity index (χ1) is 11.0. The molecular formula is C15H25N3O5S. The Balaban J connectivity index is 2.21. The fourth-order valence-corrected chi connectivity index (χ4v) is 3.11. The maximum atomic E-state index is 12.6. The van der Waals surface area contributed by atoms with Crippen LogP contribution in [-0.2, 0) is 19.4 Å². The Bertz CT molecular complexity index is 690. The van der Waals surface area contributed by atoms with Crippen molar-refractivity contribution in [1.29, 1.82) is 0 Å². The molecule has 1 fully saturated rings. The predicted octanol–water partition coefficient (Wildman–Crippen LogP) is 1.31. The van der Waals surface area contributed by atoms with E-state index in [9.17, 15) is 13.2 Å². The second-order valence-corrected chi connectivity index (χ2v) is 9.93. The van der Waals surface area contributed by atoms with Crippen LogP contribution in [0.25, 0.3) is 0 Å². The summed E-state index contributed by atoms with van der Waals surface area (Å²) in [6, 6.07) is -0.554. The van der Waals surface area contributed by atoms with Crippen molar-refractivity contribution in [2.24, 2.45) is 0 Å². The largest absolute Gasteiger partial charge is 0.423 e. The zero-order valence-electron chi connectivity index (χ0n) is 14.8. The van der Waals surface area contributed by atoms with Crippen LogP contribution in [0, 0.1) is 0 Å². The van der Waals surface area contributed by atoms with E-state index in [4.69, 9.17) is 9.15 Å². The Hall–Kier alpha value is -1.48. The molecule has 1 aliphatic heterocycles. The van der Waals surface area contributed by atoms with Gasteiger partial charge in [0.1, 0.15) is 11.8 Å². The third kappa shape index (κ3) is 3.94. The number of aromatic nitrogens is 2. The highest BCUT2D eigenvalue weighted by Gasteiger charge is 2.38. The van der Waals surface area contributed by atoms with E-state index < -0.39 is 32.3 Å². The Labute approximate surface area is 142 Å². The standard InChI is InChI=1S/C15H25N3O5S/c1-10(2)13-16-17-14(23-13)11-8-22-7-6-18(11)12(19)9-24(20,21)15(3,4)5/h10-11H,6-9H2,1-5H3. The summed E-state index contributed by atoms with van der Waals surface area (Å²) in [7, 11) is -3.56. The minimum absolute atomic E-state index is 0.0705. The monoisotopic (exact) mass is 359 g/mol. The lowest BCUT2D eigenvalue weighted by atomic mass is 10.2. The number of sulfone groups is 1. The summed E-state index contributed by atoms with van der Waals surface area (Å²) >= 11 is 0. The van der Waals surface area contributed by atoms with Gasteiger partial charge in [-0.2, -0.15) is 0 Å². The summed E-state index contributed by atoms with van der Waals surface area (Å²) < 4.78 is 34.7. The number of ether oxygens (including phenoxy) is 1. The first-order valence-corrected chi connectivity index (χ1v) is 9.61. The topological polar surface area (TPSA) is 103 Å². The number of nitrogens with zero attached hydrogens (tertiary/aromatic N) is 3. The van der Waals surface area contributed by atoms with Gasteiger partial charge >= 0.3 is 0 Å². The highest BCUT2D eigenvalue weighted by atomic mass is 32.2. The summed E-state index contributed by atoms with van der Waals surface area (Å²) in [4.78, 5) is 14.0. The van der Waals surface area contributed by atoms with Crippen LogP contribution in [-0.4, -0.2) is 59.7 Å². The van der Waals surface area contributed by atoms with Gasteiger partial charge in [0.2, 0.25) is 17.7 Å². The maximum Gasteiger partial charge on any atom is 0.241 e. The average Bonchev–Trinajstić information content (AvgIpc) is 2.95. The molecule has 2 heterocycles. The molecule has 0 N–H and O–H groups in total. The van der Waals surface area contributed by atoms with Gasteiger partial charge in [-0.3, -0.25) is 4.79 Å². The first-order valence-electron chi connectivity index (χ1n) is 7.95. The number of hydrogen-bond acceptors (Lipinski definition) is 7. The Morgan fingerprint density at radius 1 is 1.33 bits per heavy atom. The van der Waals surface area contributed by atoms with Crippen molar-refractivity contribution in [2.45, 2.75) is 51.3 Å². The first kappa shape index (κ1) is 18.9. The van der Waals surface area contributed by atoms with Crippen molar-refractivity contribution in [3.8, 4) is 0 Å². The Morgan fingerprint density at radius 2 is 2.00 bits per heavy atom. The van der Waals surface area contributed by atoms with Crippen LogP contribution in [0.2, 0.25) is 0 Å². The number of carbonyl (C=O) groups excluding carboxylic acids is 1. The van der Waals surface area contributed by atoms with Crippen molar-refractivity contribution in [3.05, 3.63) is 11.8 Å². The number of hydrogen-bond donors (Lipinski definition) is 0. The van der Waals surface area contributed by atoms with Crippen molar-refractivity contribution < 1.29 is 22.4 Å². The van der Waals surface area contributed by atoms with Gasteiger partial charge in [0.05, 0.1) is 18.0 Å². The van der Waals surface area contributed by atoms with Crippen molar-refractivity contribution in [1.82, 2.24) is 15.1 Å². The molecule has 0 saturated carbocycles. The van der Waals surface area contributed by atoms with Gasteiger partial charge in [0.25, 0.3) is 0 Å². The molecular weight excluding hydrogens is 334 g/mol. The van der Waals surface area contributed by atoms with Crippen LogP contribution in [0.5, 0.6) is 0 Å². The molecule has 1 amide bonds. The molecule has 0 aliphatic carbocycles. The highest BCUT2D eigenvalue weighted by Crippen LogP contribution is 2.26. The molecule has 136 valence electrons. The number of rotatable bonds is 4. The quantitative estimate of drug-likeness (QED) is 0.798. The van der Waals surface area contributed by atoms with E-state index in [0.29, 0.717) is 19.0 Å². The van der Waals surface area contributed by atoms with Crippen molar-refractivity contribution in [3.63, 3.8) is 0 Å². The zero-order chi connectivity index (χ0) is 18.1. The van der Waals surface area contributed by atoms with Gasteiger partial charge in [0.15, 0.2) is 9.84 Å². The van der Waals surface area contributed by atoms with Crippen LogP contribution >= 0.6 is 0 Å². The second kappa shape index (κ2) is 6.79. The molecule has 0 bridgehead atoms. The highest BCUT2D eigenvalue weighted by molar-refractivity contribution is 7.93. The molecule has 1 unspecified atom stereocenters. The summed E-state index contributed by atoms with van der Waals surface area (Å²) in [5, 5.41) is 7.97. The molecule has 8 nitrogen and oxygen atoms in total. The van der Waals surface area contributed by atoms with Crippen molar-refractivity contribution in [2.75, 3.05) is 25.5 Å². The SMILES string of the molecule is CC(C)c1nnc(C2COCCN2C(=O)CS(=O)(=O)C(C)(C)C)o1. The normalized spacial score (nSPS) is 19.8. The molecule has 1 aromatic rings. The molecule has 0 radical (unpaired) electrons. The van der Waals surface area contributed by atoms with Gasteiger partial charge in [0, 0.05) is 12.5 Å². The van der Waals surface area contributed by atoms with Crippen molar-refractivity contribution >= 4 is 15.7 Å². The molecule has 1 aliphatic rings. The van der Waals surface area contributed by atoms with Crippen LogP contribution in [0.15, 0.2) is 4.42 Å². The zero-order valence-corrected chi connectivity index (χ0v) is 15.6. The lowest BCUT2D eigenvalue weighted by Gasteiger charge is -2.34. The van der Waals surface area contributed by atoms with Gasteiger partial charge in [-0.05, 0) is 20.8 Å². The molecule has 24 heavy (non-hydrogen) atoms. The summed E-state index contributed by atoms with van der Waals surface area (Å²) in [6.07, 6.45) is 0. The average molecular weight is 359 g/mol. The van der Waals surface area contributed by atoms with E-state index in [1.54, 1.807) is 20.8 Å². The van der Waals surface area contributed by atoms with E-state index in [0.717, 1.165) is 0 Å². The van der Waals surface area contributed by atoms with E-state index in [1.165, 1.54) is 4.90 Å². The fraction of sp³-hybridized carbons (Fsp3) is 0.800. The molecule has 0 aromatic carbocycles. The van der Waals surface area contributed by atoms with Gasteiger partial charge < -0.3 is 14.1 Å². The minimum atomic E-state index is -3.56. The van der Waals surface area contributed by atoms with Crippen LogP contribution in [0.3, 0.4) is 0 Å².